The first kappa shape index (κ1) is 26.8. The van der Waals surface area contributed by atoms with Crippen LogP contribution in [0.5, 0.6) is 0 Å². The van der Waals surface area contributed by atoms with E-state index < -0.39 is 35.0 Å². The van der Waals surface area contributed by atoms with E-state index in [1.54, 1.807) is 10.9 Å². The van der Waals surface area contributed by atoms with E-state index in [-0.39, 0.29) is 41.3 Å². The zero-order chi connectivity index (χ0) is 29.1. The number of allylic oxidation sites excluding steroid dienone is 1. The third-order valence-electron chi connectivity index (χ3n) is 10.8. The fourth-order valence-corrected chi connectivity index (χ4v) is 8.71. The van der Waals surface area contributed by atoms with Crippen molar-refractivity contribution in [2.45, 2.75) is 71.6 Å². The Morgan fingerprint density at radius 2 is 1.90 bits per heavy atom. The summed E-state index contributed by atoms with van der Waals surface area (Å²) in [4.78, 5) is 32.9. The summed E-state index contributed by atoms with van der Waals surface area (Å²) < 4.78 is 20.5. The van der Waals surface area contributed by atoms with E-state index in [0.717, 1.165) is 17.7 Å². The van der Waals surface area contributed by atoms with Gasteiger partial charge in [-0.05, 0) is 73.6 Å². The Labute approximate surface area is 240 Å². The fraction of sp³-hybridized carbons (Fsp3) is 0.545. The second-order valence-corrected chi connectivity index (χ2v) is 13.8. The summed E-state index contributed by atoms with van der Waals surface area (Å²) in [5.41, 5.74) is -0.740. The number of aliphatic hydroxyl groups is 1. The molecule has 2 aromatic rings. The van der Waals surface area contributed by atoms with Gasteiger partial charge in [-0.2, -0.15) is 0 Å². The third kappa shape index (κ3) is 3.47. The van der Waals surface area contributed by atoms with Gasteiger partial charge in [0, 0.05) is 11.6 Å². The second-order valence-electron chi connectivity index (χ2n) is 13.8. The van der Waals surface area contributed by atoms with E-state index >= 15 is 0 Å². The Morgan fingerprint density at radius 1 is 1.17 bits per heavy atom. The lowest BCUT2D eigenvalue weighted by Gasteiger charge is -2.52. The number of ketones is 1. The summed E-state index contributed by atoms with van der Waals surface area (Å²) in [5.74, 6) is -1.68. The lowest BCUT2D eigenvalue weighted by molar-refractivity contribution is -0.302. The number of ether oxygens (including phenoxy) is 3. The van der Waals surface area contributed by atoms with E-state index in [9.17, 15) is 14.7 Å². The van der Waals surface area contributed by atoms with E-state index in [1.165, 1.54) is 6.20 Å². The largest absolute Gasteiger partial charge is 0.450 e. The molecule has 8 atom stereocenters. The van der Waals surface area contributed by atoms with E-state index in [2.05, 4.69) is 25.8 Å². The lowest BCUT2D eigenvalue weighted by Crippen LogP contribution is -2.68. The number of carbonyl (C=O) groups is 2. The maximum Gasteiger partial charge on any atom is 0.357 e. The molecule has 8 nitrogen and oxygen atoms in total. The van der Waals surface area contributed by atoms with Gasteiger partial charge in [-0.15, -0.1) is 0 Å². The number of esters is 1. The number of hydrogen-bond donors (Lipinski definition) is 1. The quantitative estimate of drug-likeness (QED) is 0.432. The highest BCUT2D eigenvalue weighted by Gasteiger charge is 2.77. The molecule has 1 aromatic carbocycles. The number of benzene rings is 1. The highest BCUT2D eigenvalue weighted by Crippen LogP contribution is 2.72. The maximum atomic E-state index is 14.8. The highest BCUT2D eigenvalue weighted by molar-refractivity contribution is 5.96. The molecule has 7 rings (SSSR count). The minimum absolute atomic E-state index is 0.0129. The van der Waals surface area contributed by atoms with E-state index in [0.29, 0.717) is 11.5 Å². The van der Waals surface area contributed by atoms with Gasteiger partial charge in [0.05, 0.1) is 24.5 Å². The molecule has 2 bridgehead atoms. The normalized spacial score (nSPS) is 39.7. The van der Waals surface area contributed by atoms with Crippen LogP contribution in [0.2, 0.25) is 0 Å². The Bertz CT molecular complexity index is 1500. The van der Waals surface area contributed by atoms with Crippen molar-refractivity contribution in [3.05, 3.63) is 71.8 Å². The first-order valence-electron chi connectivity index (χ1n) is 14.6. The number of aromatic nitrogens is 2. The number of hydrogen-bond acceptors (Lipinski definition) is 7. The van der Waals surface area contributed by atoms with Gasteiger partial charge in [0.1, 0.15) is 6.10 Å². The molecule has 1 aliphatic heterocycles. The van der Waals surface area contributed by atoms with Gasteiger partial charge >= 0.3 is 5.97 Å². The average molecular weight is 559 g/mol. The van der Waals surface area contributed by atoms with Gasteiger partial charge < -0.3 is 19.3 Å². The average Bonchev–Trinajstić information content (AvgIpc) is 3.21. The van der Waals surface area contributed by atoms with Crippen LogP contribution in [0, 0.1) is 34.5 Å². The molecular weight excluding hydrogens is 520 g/mol. The lowest BCUT2D eigenvalue weighted by atomic mass is 9.59. The zero-order valence-electron chi connectivity index (χ0n) is 24.5. The summed E-state index contributed by atoms with van der Waals surface area (Å²) in [5, 5.41) is 13.2. The van der Waals surface area contributed by atoms with Crippen molar-refractivity contribution in [1.82, 2.24) is 9.55 Å². The van der Waals surface area contributed by atoms with Gasteiger partial charge in [-0.3, -0.25) is 9.36 Å². The Balaban J connectivity index is 1.35. The first-order valence-corrected chi connectivity index (χ1v) is 14.6. The van der Waals surface area contributed by atoms with Crippen LogP contribution in [0.1, 0.15) is 58.5 Å². The number of fused-ring (bicyclic) bond motifs is 5. The van der Waals surface area contributed by atoms with Crippen LogP contribution in [0.3, 0.4) is 0 Å². The van der Waals surface area contributed by atoms with Crippen LogP contribution in [0.25, 0.3) is 5.69 Å². The fourth-order valence-electron chi connectivity index (χ4n) is 8.71. The van der Waals surface area contributed by atoms with Crippen LogP contribution in [-0.4, -0.2) is 56.6 Å². The van der Waals surface area contributed by atoms with Crippen LogP contribution in [-0.2, 0) is 19.0 Å². The van der Waals surface area contributed by atoms with E-state index in [4.69, 9.17) is 14.2 Å². The first-order chi connectivity index (χ1) is 19.3. The molecule has 8 heteroatoms. The molecule has 1 saturated heterocycles. The molecule has 1 aromatic heterocycles. The highest BCUT2D eigenvalue weighted by atomic mass is 16.7. The molecule has 0 unspecified atom stereocenters. The van der Waals surface area contributed by atoms with Crippen molar-refractivity contribution in [1.29, 1.82) is 0 Å². The summed E-state index contributed by atoms with van der Waals surface area (Å²) in [6.45, 7) is 12.2. The van der Waals surface area contributed by atoms with Crippen LogP contribution < -0.4 is 0 Å². The molecule has 1 N–H and O–H groups in total. The van der Waals surface area contributed by atoms with Crippen LogP contribution in [0.15, 0.2) is 66.2 Å². The van der Waals surface area contributed by atoms with Gasteiger partial charge in [0.15, 0.2) is 29.0 Å². The minimum Gasteiger partial charge on any atom is -0.450 e. The second kappa shape index (κ2) is 8.49. The molecule has 41 heavy (non-hydrogen) atoms. The predicted octanol–water partition coefficient (Wildman–Crippen LogP) is 4.66. The van der Waals surface area contributed by atoms with Gasteiger partial charge in [0.2, 0.25) is 0 Å². The Morgan fingerprint density at radius 3 is 2.63 bits per heavy atom. The van der Waals surface area contributed by atoms with Crippen molar-refractivity contribution in [2.75, 3.05) is 6.61 Å². The zero-order valence-corrected chi connectivity index (χ0v) is 24.5. The Hall–Kier alpha value is -3.07. The summed E-state index contributed by atoms with van der Waals surface area (Å²) >= 11 is 0. The number of carbonyl (C=O) groups excluding carboxylic acids is 2. The van der Waals surface area contributed by atoms with Crippen LogP contribution >= 0.6 is 0 Å². The number of nitrogens with zero attached hydrogens (tertiary/aromatic N) is 2. The van der Waals surface area contributed by atoms with Crippen molar-refractivity contribution < 1.29 is 28.9 Å². The molecule has 2 saturated carbocycles. The topological polar surface area (TPSA) is 99.9 Å². The molecule has 4 aliphatic carbocycles. The van der Waals surface area contributed by atoms with Gasteiger partial charge in [-0.1, -0.05) is 51.1 Å². The summed E-state index contributed by atoms with van der Waals surface area (Å²) in [6, 6.07) is 9.41. The number of Topliss-reactive ketones (excluding diaryl/α,β-unsaturated/α-hetero) is 1. The predicted molar refractivity (Wildman–Crippen MR) is 150 cm³/mol. The standard InChI is InChI=1S/C33H38N2O6/c1-18-14-32-19(2)12-23-25(30(23,3)4)22(26(32)36)13-20-16-39-31(5,6)41-28(20)33(32,38)27(18)40-29(37)24-15-34-17-35(24)21-10-8-7-9-11-21/h7-11,13-15,17,19,22-23,25,27-28,38H,12,16H2,1-6H3/t19-,22+,23-,25+,27+,28-,32+,33-/m1/s1. The molecular formula is C33H38N2O6. The molecule has 0 radical (unpaired) electrons. The van der Waals surface area contributed by atoms with Crippen LogP contribution in [0.4, 0.5) is 0 Å². The van der Waals surface area contributed by atoms with Crippen molar-refractivity contribution in [3.8, 4) is 5.69 Å². The van der Waals surface area contributed by atoms with Gasteiger partial charge in [-0.25, -0.2) is 9.78 Å². The molecule has 1 spiro atoms. The number of imidazole rings is 1. The molecule has 0 amide bonds. The third-order valence-corrected chi connectivity index (χ3v) is 10.8. The number of para-hydroxylation sites is 1. The van der Waals surface area contributed by atoms with Crippen molar-refractivity contribution >= 4 is 11.8 Å². The summed E-state index contributed by atoms with van der Waals surface area (Å²) in [6.07, 6.45) is 5.72. The Kier molecular flexibility index (Phi) is 5.55. The van der Waals surface area contributed by atoms with Crippen molar-refractivity contribution in [3.63, 3.8) is 0 Å². The monoisotopic (exact) mass is 558 g/mol. The minimum atomic E-state index is -1.86. The molecule has 5 aliphatic rings. The van der Waals surface area contributed by atoms with Gasteiger partial charge in [0.25, 0.3) is 0 Å². The smallest absolute Gasteiger partial charge is 0.357 e. The SMILES string of the molecule is CC1=C[C@]23C(=O)[C@@H](C=C4COC(C)(C)O[C@H]4[C@]2(O)[C@H]1OC(=O)c1cncn1-c1ccccc1)[C@H]1[C@@H](C[C@H]3C)C1(C)C. The molecule has 216 valence electrons. The van der Waals surface area contributed by atoms with E-state index in [1.807, 2.05) is 63.3 Å². The maximum absolute atomic E-state index is 14.8. The summed E-state index contributed by atoms with van der Waals surface area (Å²) in [7, 11) is 0. The molecule has 3 fully saturated rings. The van der Waals surface area contributed by atoms with Crippen molar-refractivity contribution in [2.24, 2.45) is 34.5 Å². The molecule has 2 heterocycles. The number of rotatable bonds is 3.